The summed E-state index contributed by atoms with van der Waals surface area (Å²) in [6, 6.07) is 12.5. The van der Waals surface area contributed by atoms with Gasteiger partial charge in [-0.15, -0.1) is 0 Å². The average Bonchev–Trinajstić information content (AvgIpc) is 3.24. The van der Waals surface area contributed by atoms with Crippen LogP contribution in [-0.2, 0) is 6.42 Å². The topological polar surface area (TPSA) is 45.2 Å². The number of aromatic nitrogens is 1. The van der Waals surface area contributed by atoms with Gasteiger partial charge in [-0.1, -0.05) is 31.0 Å². The van der Waals surface area contributed by atoms with Gasteiger partial charge in [0.15, 0.2) is 0 Å². The molecule has 1 saturated carbocycles. The highest BCUT2D eigenvalue weighted by molar-refractivity contribution is 6.06. The van der Waals surface area contributed by atoms with Crippen LogP contribution < -0.4 is 10.2 Å². The van der Waals surface area contributed by atoms with E-state index >= 15 is 0 Å². The molecule has 1 fully saturated rings. The molecule has 0 bridgehead atoms. The fraction of sp³-hybridized carbons (Fsp3) is 0.368. The summed E-state index contributed by atoms with van der Waals surface area (Å²) in [6.07, 6.45) is 7.76. The first-order chi connectivity index (χ1) is 11.3. The molecule has 1 amide bonds. The molecule has 1 aliphatic heterocycles. The van der Waals surface area contributed by atoms with Crippen LogP contribution in [0.3, 0.4) is 0 Å². The molecule has 4 nitrogen and oxygen atoms in total. The molecule has 0 atom stereocenters. The Hall–Kier alpha value is -2.36. The monoisotopic (exact) mass is 307 g/mol. The first-order valence-electron chi connectivity index (χ1n) is 8.43. The van der Waals surface area contributed by atoms with Crippen LogP contribution in [0.5, 0.6) is 0 Å². The minimum atomic E-state index is -0.0117. The van der Waals surface area contributed by atoms with Gasteiger partial charge in [0.1, 0.15) is 5.69 Å². The zero-order valence-electron chi connectivity index (χ0n) is 13.2. The van der Waals surface area contributed by atoms with Gasteiger partial charge in [0.05, 0.1) is 11.9 Å². The summed E-state index contributed by atoms with van der Waals surface area (Å²) in [7, 11) is 0. The second kappa shape index (κ2) is 6.03. The largest absolute Gasteiger partial charge is 0.381 e. The van der Waals surface area contributed by atoms with Crippen LogP contribution in [0.25, 0.3) is 0 Å². The van der Waals surface area contributed by atoms with Crippen molar-refractivity contribution >= 4 is 17.3 Å². The van der Waals surface area contributed by atoms with Crippen molar-refractivity contribution in [1.29, 1.82) is 0 Å². The summed E-state index contributed by atoms with van der Waals surface area (Å²) in [4.78, 5) is 18.9. The lowest BCUT2D eigenvalue weighted by molar-refractivity contribution is 0.0984. The van der Waals surface area contributed by atoms with Crippen LogP contribution in [0.1, 0.15) is 41.7 Å². The summed E-state index contributed by atoms with van der Waals surface area (Å²) in [6.45, 7) is 0.738. The molecule has 0 saturated heterocycles. The van der Waals surface area contributed by atoms with Gasteiger partial charge in [-0.05, 0) is 43.0 Å². The normalized spacial score (nSPS) is 17.3. The predicted molar refractivity (Wildman–Crippen MR) is 91.9 cm³/mol. The zero-order valence-corrected chi connectivity index (χ0v) is 13.2. The zero-order chi connectivity index (χ0) is 15.6. The molecule has 118 valence electrons. The summed E-state index contributed by atoms with van der Waals surface area (Å²) in [5, 5.41) is 3.50. The van der Waals surface area contributed by atoms with Crippen molar-refractivity contribution < 1.29 is 4.79 Å². The third kappa shape index (κ3) is 2.81. The second-order valence-electron chi connectivity index (χ2n) is 6.39. The number of nitrogens with zero attached hydrogens (tertiary/aromatic N) is 2. The van der Waals surface area contributed by atoms with E-state index in [1.54, 1.807) is 6.20 Å². The molecule has 0 unspecified atom stereocenters. The van der Waals surface area contributed by atoms with E-state index in [1.807, 2.05) is 35.2 Å². The van der Waals surface area contributed by atoms with Crippen LogP contribution in [0.2, 0.25) is 0 Å². The summed E-state index contributed by atoms with van der Waals surface area (Å²) >= 11 is 0. The molecule has 0 radical (unpaired) electrons. The Balaban J connectivity index is 1.49. The van der Waals surface area contributed by atoms with Crippen molar-refractivity contribution in [3.8, 4) is 0 Å². The van der Waals surface area contributed by atoms with E-state index in [1.165, 1.54) is 31.2 Å². The Morgan fingerprint density at radius 3 is 2.74 bits per heavy atom. The molecule has 0 spiro atoms. The minimum absolute atomic E-state index is 0.0117. The average molecular weight is 307 g/mol. The van der Waals surface area contributed by atoms with Gasteiger partial charge in [0, 0.05) is 18.3 Å². The lowest BCUT2D eigenvalue weighted by Gasteiger charge is -2.17. The van der Waals surface area contributed by atoms with E-state index in [4.69, 9.17) is 0 Å². The molecular formula is C19H21N3O. The van der Waals surface area contributed by atoms with Gasteiger partial charge >= 0.3 is 0 Å². The number of carbonyl (C=O) groups is 1. The molecule has 1 aliphatic carbocycles. The first-order valence-corrected chi connectivity index (χ1v) is 8.43. The van der Waals surface area contributed by atoms with E-state index in [2.05, 4.69) is 16.4 Å². The molecule has 1 aromatic carbocycles. The molecule has 2 aromatic rings. The van der Waals surface area contributed by atoms with Crippen molar-refractivity contribution in [2.75, 3.05) is 16.8 Å². The molecule has 2 heterocycles. The lowest BCUT2D eigenvalue weighted by atomic mass is 10.2. The highest BCUT2D eigenvalue weighted by Gasteiger charge is 2.25. The highest BCUT2D eigenvalue weighted by Crippen LogP contribution is 2.28. The summed E-state index contributed by atoms with van der Waals surface area (Å²) in [5.74, 6) is -0.0117. The van der Waals surface area contributed by atoms with Crippen LogP contribution in [0.15, 0.2) is 42.6 Å². The van der Waals surface area contributed by atoms with E-state index in [0.717, 1.165) is 24.3 Å². The van der Waals surface area contributed by atoms with Gasteiger partial charge in [0.2, 0.25) is 0 Å². The first kappa shape index (κ1) is 14.2. The van der Waals surface area contributed by atoms with Crippen LogP contribution >= 0.6 is 0 Å². The number of rotatable bonds is 3. The number of pyridine rings is 1. The van der Waals surface area contributed by atoms with Crippen molar-refractivity contribution in [2.45, 2.75) is 38.1 Å². The van der Waals surface area contributed by atoms with Crippen molar-refractivity contribution in [3.05, 3.63) is 53.9 Å². The lowest BCUT2D eigenvalue weighted by Crippen LogP contribution is -2.29. The Morgan fingerprint density at radius 2 is 1.96 bits per heavy atom. The third-order valence-corrected chi connectivity index (χ3v) is 4.84. The quantitative estimate of drug-likeness (QED) is 0.941. The number of benzene rings is 1. The molecule has 23 heavy (non-hydrogen) atoms. The maximum Gasteiger partial charge on any atom is 0.276 e. The van der Waals surface area contributed by atoms with Gasteiger partial charge in [-0.25, -0.2) is 4.98 Å². The Labute approximate surface area is 136 Å². The standard InChI is InChI=1S/C19H21N3O/c23-19(22-12-11-14-5-1-4-8-18(14)22)17-10-9-16(13-20-17)21-15-6-2-3-7-15/h1,4-5,8-10,13,15,21H,2-3,6-7,11-12H2. The van der Waals surface area contributed by atoms with E-state index in [9.17, 15) is 4.79 Å². The number of carbonyl (C=O) groups excluding carboxylic acids is 1. The van der Waals surface area contributed by atoms with E-state index < -0.39 is 0 Å². The van der Waals surface area contributed by atoms with Gasteiger partial charge in [-0.2, -0.15) is 0 Å². The van der Waals surface area contributed by atoms with Gasteiger partial charge in [0.25, 0.3) is 5.91 Å². The SMILES string of the molecule is O=C(c1ccc(NC2CCCC2)cn1)N1CCc2ccccc21. The van der Waals surface area contributed by atoms with Gasteiger partial charge < -0.3 is 10.2 Å². The van der Waals surface area contributed by atoms with Crippen molar-refractivity contribution in [3.63, 3.8) is 0 Å². The molecular weight excluding hydrogens is 286 g/mol. The Kier molecular flexibility index (Phi) is 3.74. The smallest absolute Gasteiger partial charge is 0.276 e. The number of fused-ring (bicyclic) bond motifs is 1. The fourth-order valence-corrected chi connectivity index (χ4v) is 3.60. The summed E-state index contributed by atoms with van der Waals surface area (Å²) < 4.78 is 0. The minimum Gasteiger partial charge on any atom is -0.381 e. The third-order valence-electron chi connectivity index (χ3n) is 4.84. The van der Waals surface area contributed by atoms with Gasteiger partial charge in [-0.3, -0.25) is 4.79 Å². The molecule has 2 aliphatic rings. The number of amides is 1. The Morgan fingerprint density at radius 1 is 1.13 bits per heavy atom. The number of hydrogen-bond acceptors (Lipinski definition) is 3. The van der Waals surface area contributed by atoms with Crippen LogP contribution in [0.4, 0.5) is 11.4 Å². The van der Waals surface area contributed by atoms with Crippen molar-refractivity contribution in [1.82, 2.24) is 4.98 Å². The number of hydrogen-bond donors (Lipinski definition) is 1. The maximum atomic E-state index is 12.7. The Bertz CT molecular complexity index is 705. The molecule has 1 N–H and O–H groups in total. The fourth-order valence-electron chi connectivity index (χ4n) is 3.60. The molecule has 4 heteroatoms. The highest BCUT2D eigenvalue weighted by atomic mass is 16.2. The maximum absolute atomic E-state index is 12.7. The van der Waals surface area contributed by atoms with Crippen molar-refractivity contribution in [2.24, 2.45) is 0 Å². The molecule has 4 rings (SSSR count). The van der Waals surface area contributed by atoms with Crippen LogP contribution in [-0.4, -0.2) is 23.5 Å². The summed E-state index contributed by atoms with van der Waals surface area (Å²) in [5.41, 5.74) is 3.78. The van der Waals surface area contributed by atoms with Crippen LogP contribution in [0, 0.1) is 0 Å². The predicted octanol–water partition coefficient (Wildman–Crippen LogP) is 3.64. The van der Waals surface area contributed by atoms with E-state index in [-0.39, 0.29) is 5.91 Å². The number of para-hydroxylation sites is 1. The number of anilines is 2. The molecule has 1 aromatic heterocycles. The van der Waals surface area contributed by atoms with E-state index in [0.29, 0.717) is 11.7 Å². The second-order valence-corrected chi connectivity index (χ2v) is 6.39. The number of nitrogens with one attached hydrogen (secondary N) is 1.